The Bertz CT molecular complexity index is 485. The van der Waals surface area contributed by atoms with Crippen molar-refractivity contribution in [2.45, 2.75) is 46.1 Å². The molecule has 0 radical (unpaired) electrons. The third-order valence-electron chi connectivity index (χ3n) is 3.20. The number of benzene rings is 1. The molecule has 122 valence electrons. The lowest BCUT2D eigenvalue weighted by Crippen LogP contribution is -2.42. The Kier molecular flexibility index (Phi) is 7.88. The maximum Gasteiger partial charge on any atom is 0.239 e. The standard InChI is InChI=1S/C17H27N3OS/c1-5-6-7-14-8-10-15(11-9-14)19-17(22)20(4)12-16(21)18-13(2)3/h8-11,13H,5-7,12H2,1-4H3,(H,18,21)(H,19,22). The van der Waals surface area contributed by atoms with Crippen molar-refractivity contribution in [3.8, 4) is 0 Å². The van der Waals surface area contributed by atoms with Crippen molar-refractivity contribution in [3.05, 3.63) is 29.8 Å². The Balaban J connectivity index is 2.48. The number of unbranched alkanes of at least 4 members (excludes halogenated alkanes) is 1. The summed E-state index contributed by atoms with van der Waals surface area (Å²) in [5.74, 6) is -0.0310. The molecule has 22 heavy (non-hydrogen) atoms. The van der Waals surface area contributed by atoms with Crippen LogP contribution in [0.3, 0.4) is 0 Å². The highest BCUT2D eigenvalue weighted by Gasteiger charge is 2.10. The average Bonchev–Trinajstić information content (AvgIpc) is 2.45. The van der Waals surface area contributed by atoms with E-state index >= 15 is 0 Å². The van der Waals surface area contributed by atoms with Crippen LogP contribution in [0.15, 0.2) is 24.3 Å². The molecule has 4 nitrogen and oxygen atoms in total. The van der Waals surface area contributed by atoms with E-state index < -0.39 is 0 Å². The first-order chi connectivity index (χ1) is 10.4. The summed E-state index contributed by atoms with van der Waals surface area (Å²) in [7, 11) is 1.81. The average molecular weight is 321 g/mol. The summed E-state index contributed by atoms with van der Waals surface area (Å²) < 4.78 is 0. The second-order valence-corrected chi connectivity index (χ2v) is 6.20. The van der Waals surface area contributed by atoms with Crippen LogP contribution in [-0.2, 0) is 11.2 Å². The van der Waals surface area contributed by atoms with Crippen molar-refractivity contribution in [1.29, 1.82) is 0 Å². The summed E-state index contributed by atoms with van der Waals surface area (Å²) >= 11 is 5.33. The van der Waals surface area contributed by atoms with Crippen LogP contribution in [0.1, 0.15) is 39.2 Å². The number of anilines is 1. The molecule has 0 bridgehead atoms. The van der Waals surface area contributed by atoms with E-state index in [4.69, 9.17) is 12.2 Å². The monoisotopic (exact) mass is 321 g/mol. The number of carbonyl (C=O) groups is 1. The van der Waals surface area contributed by atoms with E-state index in [1.165, 1.54) is 18.4 Å². The first kappa shape index (κ1) is 18.4. The van der Waals surface area contributed by atoms with Crippen LogP contribution in [0, 0.1) is 0 Å². The number of hydrogen-bond acceptors (Lipinski definition) is 2. The molecule has 0 heterocycles. The van der Waals surface area contributed by atoms with Gasteiger partial charge in [-0.3, -0.25) is 4.79 Å². The Hall–Kier alpha value is -1.62. The first-order valence-corrected chi connectivity index (χ1v) is 8.23. The van der Waals surface area contributed by atoms with Gasteiger partial charge in [0.15, 0.2) is 5.11 Å². The van der Waals surface area contributed by atoms with Crippen molar-refractivity contribution < 1.29 is 4.79 Å². The molecule has 2 N–H and O–H groups in total. The van der Waals surface area contributed by atoms with Gasteiger partial charge >= 0.3 is 0 Å². The molecule has 0 unspecified atom stereocenters. The van der Waals surface area contributed by atoms with Crippen molar-refractivity contribution in [3.63, 3.8) is 0 Å². The molecule has 0 saturated carbocycles. The molecule has 0 aliphatic heterocycles. The summed E-state index contributed by atoms with van der Waals surface area (Å²) in [5, 5.41) is 6.55. The molecule has 1 aromatic carbocycles. The van der Waals surface area contributed by atoms with Crippen molar-refractivity contribution in [2.24, 2.45) is 0 Å². The zero-order valence-electron chi connectivity index (χ0n) is 14.0. The first-order valence-electron chi connectivity index (χ1n) is 7.82. The smallest absolute Gasteiger partial charge is 0.239 e. The number of rotatable bonds is 7. The van der Waals surface area contributed by atoms with E-state index in [2.05, 4.69) is 29.7 Å². The van der Waals surface area contributed by atoms with Gasteiger partial charge in [-0.15, -0.1) is 0 Å². The molecule has 0 aliphatic carbocycles. The summed E-state index contributed by atoms with van der Waals surface area (Å²) in [6.45, 7) is 6.32. The van der Waals surface area contributed by atoms with E-state index in [1.807, 2.05) is 33.0 Å². The number of nitrogens with zero attached hydrogens (tertiary/aromatic N) is 1. The molecule has 0 aromatic heterocycles. The van der Waals surface area contributed by atoms with Gasteiger partial charge in [0.25, 0.3) is 0 Å². The Labute approximate surface area is 139 Å². The van der Waals surface area contributed by atoms with Crippen LogP contribution in [0.5, 0.6) is 0 Å². The van der Waals surface area contributed by atoms with Crippen molar-refractivity contribution >= 4 is 28.9 Å². The van der Waals surface area contributed by atoms with Crippen LogP contribution < -0.4 is 10.6 Å². The van der Waals surface area contributed by atoms with Crippen LogP contribution in [0.25, 0.3) is 0 Å². The summed E-state index contributed by atoms with van der Waals surface area (Å²) in [6.07, 6.45) is 3.52. The number of nitrogens with one attached hydrogen (secondary N) is 2. The second-order valence-electron chi connectivity index (χ2n) is 5.81. The molecular weight excluding hydrogens is 294 g/mol. The highest BCUT2D eigenvalue weighted by molar-refractivity contribution is 7.80. The minimum Gasteiger partial charge on any atom is -0.352 e. The minimum absolute atomic E-state index is 0.0310. The number of aryl methyl sites for hydroxylation is 1. The predicted molar refractivity (Wildman–Crippen MR) is 97.2 cm³/mol. The Morgan fingerprint density at radius 3 is 2.45 bits per heavy atom. The van der Waals surface area contributed by atoms with Gasteiger partial charge < -0.3 is 15.5 Å². The Morgan fingerprint density at radius 2 is 1.91 bits per heavy atom. The Morgan fingerprint density at radius 1 is 1.27 bits per heavy atom. The van der Waals surface area contributed by atoms with Gasteiger partial charge in [0, 0.05) is 18.8 Å². The molecule has 0 spiro atoms. The second kappa shape index (κ2) is 9.41. The quantitative estimate of drug-likeness (QED) is 0.757. The number of thiocarbonyl (C=S) groups is 1. The fraction of sp³-hybridized carbons (Fsp3) is 0.529. The van der Waals surface area contributed by atoms with Crippen LogP contribution in [0.2, 0.25) is 0 Å². The van der Waals surface area contributed by atoms with E-state index in [1.54, 1.807) is 4.90 Å². The van der Waals surface area contributed by atoms with E-state index in [-0.39, 0.29) is 18.5 Å². The van der Waals surface area contributed by atoms with Crippen LogP contribution in [0.4, 0.5) is 5.69 Å². The largest absolute Gasteiger partial charge is 0.352 e. The number of hydrogen-bond donors (Lipinski definition) is 2. The molecular formula is C17H27N3OS. The topological polar surface area (TPSA) is 44.4 Å². The number of amides is 1. The molecule has 0 atom stereocenters. The lowest BCUT2D eigenvalue weighted by Gasteiger charge is -2.21. The third kappa shape index (κ3) is 6.89. The van der Waals surface area contributed by atoms with Gasteiger partial charge in [-0.05, 0) is 56.6 Å². The van der Waals surface area contributed by atoms with E-state index in [9.17, 15) is 4.79 Å². The zero-order valence-corrected chi connectivity index (χ0v) is 14.8. The fourth-order valence-electron chi connectivity index (χ4n) is 2.01. The zero-order chi connectivity index (χ0) is 16.5. The lowest BCUT2D eigenvalue weighted by atomic mass is 10.1. The van der Waals surface area contributed by atoms with Gasteiger partial charge in [0.2, 0.25) is 5.91 Å². The van der Waals surface area contributed by atoms with Gasteiger partial charge in [-0.2, -0.15) is 0 Å². The van der Waals surface area contributed by atoms with Gasteiger partial charge in [-0.25, -0.2) is 0 Å². The maximum atomic E-state index is 11.7. The molecule has 0 aliphatic rings. The molecule has 0 saturated heterocycles. The van der Waals surface area contributed by atoms with Gasteiger partial charge in [0.05, 0.1) is 6.54 Å². The summed E-state index contributed by atoms with van der Waals surface area (Å²) in [6, 6.07) is 8.43. The third-order valence-corrected chi connectivity index (χ3v) is 3.62. The van der Waals surface area contributed by atoms with E-state index in [0.29, 0.717) is 5.11 Å². The minimum atomic E-state index is -0.0310. The summed E-state index contributed by atoms with van der Waals surface area (Å²) in [5.41, 5.74) is 2.28. The normalized spacial score (nSPS) is 10.4. The fourth-order valence-corrected chi connectivity index (χ4v) is 2.19. The SMILES string of the molecule is CCCCc1ccc(NC(=S)N(C)CC(=O)NC(C)C)cc1. The number of carbonyl (C=O) groups excluding carboxylic acids is 1. The van der Waals surface area contributed by atoms with E-state index in [0.717, 1.165) is 12.1 Å². The number of likely N-dealkylation sites (N-methyl/N-ethyl adjacent to an activating group) is 1. The maximum absolute atomic E-state index is 11.7. The van der Waals surface area contributed by atoms with Crippen molar-refractivity contribution in [2.75, 3.05) is 18.9 Å². The van der Waals surface area contributed by atoms with Gasteiger partial charge in [-0.1, -0.05) is 25.5 Å². The molecule has 1 aromatic rings. The highest BCUT2D eigenvalue weighted by atomic mass is 32.1. The molecule has 5 heteroatoms. The van der Waals surface area contributed by atoms with Crippen molar-refractivity contribution in [1.82, 2.24) is 10.2 Å². The predicted octanol–water partition coefficient (Wildman–Crippen LogP) is 3.18. The van der Waals surface area contributed by atoms with Gasteiger partial charge in [0.1, 0.15) is 0 Å². The van der Waals surface area contributed by atoms with Crippen LogP contribution in [-0.4, -0.2) is 35.6 Å². The lowest BCUT2D eigenvalue weighted by molar-refractivity contribution is -0.121. The van der Waals surface area contributed by atoms with Crippen LogP contribution >= 0.6 is 12.2 Å². The molecule has 0 fully saturated rings. The highest BCUT2D eigenvalue weighted by Crippen LogP contribution is 2.12. The molecule has 1 amide bonds. The summed E-state index contributed by atoms with van der Waals surface area (Å²) in [4.78, 5) is 13.5. The molecule has 1 rings (SSSR count).